The number of hydrogen-bond acceptors (Lipinski definition) is 5. The van der Waals surface area contributed by atoms with E-state index in [2.05, 4.69) is 10.2 Å². The van der Waals surface area contributed by atoms with Gasteiger partial charge in [0.15, 0.2) is 0 Å². The summed E-state index contributed by atoms with van der Waals surface area (Å²) in [6.45, 7) is 9.63. The second kappa shape index (κ2) is 6.68. The van der Waals surface area contributed by atoms with Crippen LogP contribution in [-0.2, 0) is 14.3 Å². The largest absolute Gasteiger partial charge is 0.468 e. The van der Waals surface area contributed by atoms with Crippen LogP contribution in [0.25, 0.3) is 0 Å². The summed E-state index contributed by atoms with van der Waals surface area (Å²) in [7, 11) is 3.14. The Balaban J connectivity index is 2.93. The van der Waals surface area contributed by atoms with Crippen molar-refractivity contribution < 1.29 is 14.3 Å². The van der Waals surface area contributed by atoms with Crippen molar-refractivity contribution in [1.82, 2.24) is 10.2 Å². The molecule has 1 rings (SSSR count). The number of carbonyl (C=O) groups is 1. The maximum absolute atomic E-state index is 12.3. The van der Waals surface area contributed by atoms with Crippen LogP contribution in [0.5, 0.6) is 0 Å². The number of rotatable bonds is 5. The lowest BCUT2D eigenvalue weighted by atomic mass is 9.85. The van der Waals surface area contributed by atoms with Crippen molar-refractivity contribution in [2.75, 3.05) is 40.4 Å². The van der Waals surface area contributed by atoms with Crippen LogP contribution in [0.4, 0.5) is 0 Å². The maximum Gasteiger partial charge on any atom is 0.326 e. The first-order valence-electron chi connectivity index (χ1n) is 6.95. The van der Waals surface area contributed by atoms with Gasteiger partial charge >= 0.3 is 5.97 Å². The van der Waals surface area contributed by atoms with Crippen LogP contribution in [0.2, 0.25) is 0 Å². The average Bonchev–Trinajstić information content (AvgIpc) is 2.66. The Hall–Kier alpha value is -0.650. The van der Waals surface area contributed by atoms with E-state index in [-0.39, 0.29) is 11.6 Å². The van der Waals surface area contributed by atoms with Crippen LogP contribution >= 0.6 is 0 Å². The molecular formula is C14H28N2O3. The number of methoxy groups -OCH3 is 2. The molecule has 1 N–H and O–H groups in total. The Morgan fingerprint density at radius 1 is 1.21 bits per heavy atom. The van der Waals surface area contributed by atoms with E-state index in [1.165, 1.54) is 7.11 Å². The van der Waals surface area contributed by atoms with Gasteiger partial charge in [0.1, 0.15) is 5.54 Å². The molecule has 1 aliphatic heterocycles. The minimum Gasteiger partial charge on any atom is -0.468 e. The van der Waals surface area contributed by atoms with Crippen LogP contribution in [0.15, 0.2) is 0 Å². The lowest BCUT2D eigenvalue weighted by Crippen LogP contribution is -2.57. The van der Waals surface area contributed by atoms with E-state index in [1.54, 1.807) is 7.11 Å². The van der Waals surface area contributed by atoms with Gasteiger partial charge in [-0.15, -0.1) is 0 Å². The Morgan fingerprint density at radius 3 is 2.47 bits per heavy atom. The number of hydrogen-bond donors (Lipinski definition) is 1. The summed E-state index contributed by atoms with van der Waals surface area (Å²) in [6.07, 6.45) is 1.66. The molecule has 0 spiro atoms. The zero-order valence-corrected chi connectivity index (χ0v) is 12.9. The van der Waals surface area contributed by atoms with Gasteiger partial charge in [0.25, 0.3) is 0 Å². The lowest BCUT2D eigenvalue weighted by Gasteiger charge is -2.42. The zero-order valence-electron chi connectivity index (χ0n) is 12.9. The van der Waals surface area contributed by atoms with E-state index in [0.717, 1.165) is 32.6 Å². The van der Waals surface area contributed by atoms with Crippen molar-refractivity contribution in [3.63, 3.8) is 0 Å². The fourth-order valence-electron chi connectivity index (χ4n) is 2.77. The van der Waals surface area contributed by atoms with Gasteiger partial charge in [-0.2, -0.15) is 0 Å². The van der Waals surface area contributed by atoms with Gasteiger partial charge in [0.2, 0.25) is 0 Å². The SMILES string of the molecule is COC(=O)C(C)(CC(C)(C)OC)N1CCCNCC1. The summed E-state index contributed by atoms with van der Waals surface area (Å²) in [6, 6.07) is 0. The van der Waals surface area contributed by atoms with E-state index in [0.29, 0.717) is 6.42 Å². The fraction of sp³-hybridized carbons (Fsp3) is 0.929. The molecular weight excluding hydrogens is 244 g/mol. The second-order valence-corrected chi connectivity index (χ2v) is 6.00. The highest BCUT2D eigenvalue weighted by Gasteiger charge is 2.44. The molecule has 1 saturated heterocycles. The summed E-state index contributed by atoms with van der Waals surface area (Å²) < 4.78 is 10.5. The van der Waals surface area contributed by atoms with Gasteiger partial charge in [-0.3, -0.25) is 9.69 Å². The molecule has 1 atom stereocenters. The van der Waals surface area contributed by atoms with Gasteiger partial charge in [-0.25, -0.2) is 0 Å². The third-order valence-electron chi connectivity index (χ3n) is 3.99. The van der Waals surface area contributed by atoms with Crippen molar-refractivity contribution >= 4 is 5.97 Å². The highest BCUT2D eigenvalue weighted by atomic mass is 16.5. The van der Waals surface area contributed by atoms with E-state index in [4.69, 9.17) is 9.47 Å². The van der Waals surface area contributed by atoms with E-state index >= 15 is 0 Å². The van der Waals surface area contributed by atoms with Crippen molar-refractivity contribution in [2.45, 2.75) is 44.8 Å². The zero-order chi connectivity index (χ0) is 14.5. The molecule has 1 heterocycles. The minimum atomic E-state index is -0.639. The van der Waals surface area contributed by atoms with Crippen LogP contribution in [0.1, 0.15) is 33.6 Å². The molecule has 0 bridgehead atoms. The number of nitrogens with one attached hydrogen (secondary N) is 1. The normalized spacial score (nSPS) is 21.5. The quantitative estimate of drug-likeness (QED) is 0.758. The summed E-state index contributed by atoms with van der Waals surface area (Å²) in [5.74, 6) is -0.181. The molecule has 0 amide bonds. The van der Waals surface area contributed by atoms with Crippen molar-refractivity contribution in [3.8, 4) is 0 Å². The van der Waals surface area contributed by atoms with E-state index < -0.39 is 5.54 Å². The lowest BCUT2D eigenvalue weighted by molar-refractivity contribution is -0.159. The molecule has 0 radical (unpaired) electrons. The third kappa shape index (κ3) is 4.16. The number of carbonyl (C=O) groups excluding carboxylic acids is 1. The van der Waals surface area contributed by atoms with Crippen LogP contribution < -0.4 is 5.32 Å². The first kappa shape index (κ1) is 16.4. The first-order chi connectivity index (χ1) is 8.85. The van der Waals surface area contributed by atoms with Gasteiger partial charge in [0, 0.05) is 33.2 Å². The fourth-order valence-corrected chi connectivity index (χ4v) is 2.77. The molecule has 5 nitrogen and oxygen atoms in total. The number of ether oxygens (including phenoxy) is 2. The molecule has 0 aromatic heterocycles. The van der Waals surface area contributed by atoms with Crippen molar-refractivity contribution in [1.29, 1.82) is 0 Å². The summed E-state index contributed by atoms with van der Waals surface area (Å²) in [5, 5.41) is 3.36. The molecule has 1 fully saturated rings. The molecule has 1 aliphatic rings. The van der Waals surface area contributed by atoms with Gasteiger partial charge in [-0.1, -0.05) is 0 Å². The highest BCUT2D eigenvalue weighted by Crippen LogP contribution is 2.30. The summed E-state index contributed by atoms with van der Waals surface area (Å²) in [5.41, 5.74) is -0.997. The highest BCUT2D eigenvalue weighted by molar-refractivity contribution is 5.80. The second-order valence-electron chi connectivity index (χ2n) is 6.00. The predicted molar refractivity (Wildman–Crippen MR) is 75.2 cm³/mol. The summed E-state index contributed by atoms with van der Waals surface area (Å²) >= 11 is 0. The standard InChI is InChI=1S/C14H28N2O3/c1-13(2,19-5)11-14(3,12(17)18-4)16-9-6-7-15-8-10-16/h15H,6-11H2,1-5H3. The van der Waals surface area contributed by atoms with Crippen molar-refractivity contribution in [3.05, 3.63) is 0 Å². The molecule has 1 unspecified atom stereocenters. The van der Waals surface area contributed by atoms with Crippen molar-refractivity contribution in [2.24, 2.45) is 0 Å². The van der Waals surface area contributed by atoms with Crippen LogP contribution in [-0.4, -0.2) is 62.4 Å². The smallest absolute Gasteiger partial charge is 0.326 e. The third-order valence-corrected chi connectivity index (χ3v) is 3.99. The summed E-state index contributed by atoms with van der Waals surface area (Å²) in [4.78, 5) is 14.5. The number of nitrogens with zero attached hydrogens (tertiary/aromatic N) is 1. The van der Waals surface area contributed by atoms with E-state index in [9.17, 15) is 4.79 Å². The number of esters is 1. The van der Waals surface area contributed by atoms with Gasteiger partial charge in [-0.05, 0) is 33.7 Å². The van der Waals surface area contributed by atoms with Gasteiger partial charge < -0.3 is 14.8 Å². The Kier molecular flexibility index (Phi) is 5.77. The molecule has 0 saturated carbocycles. The van der Waals surface area contributed by atoms with E-state index in [1.807, 2.05) is 20.8 Å². The average molecular weight is 272 g/mol. The molecule has 5 heteroatoms. The predicted octanol–water partition coefficient (Wildman–Crippen LogP) is 1.03. The monoisotopic (exact) mass is 272 g/mol. The topological polar surface area (TPSA) is 50.8 Å². The Morgan fingerprint density at radius 2 is 1.89 bits per heavy atom. The molecule has 0 aromatic rings. The van der Waals surface area contributed by atoms with Crippen LogP contribution in [0, 0.1) is 0 Å². The Bertz CT molecular complexity index is 299. The molecule has 0 aromatic carbocycles. The Labute approximate surface area is 116 Å². The molecule has 19 heavy (non-hydrogen) atoms. The maximum atomic E-state index is 12.3. The van der Waals surface area contributed by atoms with Gasteiger partial charge in [0.05, 0.1) is 12.7 Å². The first-order valence-corrected chi connectivity index (χ1v) is 6.95. The minimum absolute atomic E-state index is 0.181. The molecule has 112 valence electrons. The molecule has 0 aliphatic carbocycles. The van der Waals surface area contributed by atoms with Crippen LogP contribution in [0.3, 0.4) is 0 Å².